The van der Waals surface area contributed by atoms with Crippen molar-refractivity contribution in [1.29, 1.82) is 0 Å². The van der Waals surface area contributed by atoms with Crippen LogP contribution in [0.2, 0.25) is 5.02 Å². The van der Waals surface area contributed by atoms with Crippen LogP contribution < -0.4 is 4.90 Å². The van der Waals surface area contributed by atoms with E-state index >= 15 is 0 Å². The third-order valence-electron chi connectivity index (χ3n) is 1.95. The number of aromatic nitrogens is 1. The van der Waals surface area contributed by atoms with Crippen molar-refractivity contribution in [2.45, 2.75) is 13.5 Å². The Bertz CT molecular complexity index is 366. The van der Waals surface area contributed by atoms with Gasteiger partial charge in [0.15, 0.2) is 0 Å². The van der Waals surface area contributed by atoms with Gasteiger partial charge in [-0.3, -0.25) is 0 Å². The van der Waals surface area contributed by atoms with E-state index in [4.69, 9.17) is 16.7 Å². The highest BCUT2D eigenvalue weighted by atomic mass is 35.5. The number of halogens is 1. The van der Waals surface area contributed by atoms with Crippen molar-refractivity contribution < 1.29 is 5.11 Å². The van der Waals surface area contributed by atoms with Crippen LogP contribution in [-0.2, 0) is 6.61 Å². The highest BCUT2D eigenvalue weighted by Gasteiger charge is 2.06. The first-order chi connectivity index (χ1) is 7.04. The molecule has 0 spiro atoms. The lowest BCUT2D eigenvalue weighted by molar-refractivity contribution is 0.277. The molecule has 0 atom stereocenters. The number of hydrogen-bond acceptors (Lipinski definition) is 3. The van der Waals surface area contributed by atoms with Crippen LogP contribution >= 0.6 is 11.6 Å². The molecule has 1 rings (SSSR count). The zero-order chi connectivity index (χ0) is 11.4. The third-order valence-corrected chi connectivity index (χ3v) is 2.30. The Hall–Kier alpha value is -1.06. The zero-order valence-corrected chi connectivity index (χ0v) is 9.75. The fraction of sp³-hybridized carbons (Fsp3) is 0.364. The first-order valence-electron chi connectivity index (χ1n) is 4.66. The first-order valence-corrected chi connectivity index (χ1v) is 5.04. The molecule has 0 amide bonds. The van der Waals surface area contributed by atoms with Crippen LogP contribution in [0.25, 0.3) is 0 Å². The largest absolute Gasteiger partial charge is 0.390 e. The molecule has 0 bridgehead atoms. The number of aliphatic hydroxyl groups is 1. The maximum atomic E-state index is 9.02. The monoisotopic (exact) mass is 226 g/mol. The minimum absolute atomic E-state index is 0.145. The summed E-state index contributed by atoms with van der Waals surface area (Å²) in [5.74, 6) is 0.784. The van der Waals surface area contributed by atoms with Crippen molar-refractivity contribution in [3.63, 3.8) is 0 Å². The highest BCUT2D eigenvalue weighted by Crippen LogP contribution is 2.18. The first kappa shape index (κ1) is 12.0. The molecule has 1 aromatic rings. The summed E-state index contributed by atoms with van der Waals surface area (Å²) in [6, 6.07) is 3.56. The van der Waals surface area contributed by atoms with Crippen LogP contribution in [0.4, 0.5) is 5.82 Å². The van der Waals surface area contributed by atoms with Crippen LogP contribution in [0.3, 0.4) is 0 Å². The van der Waals surface area contributed by atoms with Gasteiger partial charge in [-0.05, 0) is 19.1 Å². The van der Waals surface area contributed by atoms with E-state index in [1.165, 1.54) is 0 Å². The van der Waals surface area contributed by atoms with Crippen molar-refractivity contribution in [3.05, 3.63) is 35.0 Å². The summed E-state index contributed by atoms with van der Waals surface area (Å²) in [6.07, 6.45) is 0. The van der Waals surface area contributed by atoms with Crippen LogP contribution in [0, 0.1) is 0 Å². The molecule has 0 fully saturated rings. The van der Waals surface area contributed by atoms with E-state index in [1.54, 1.807) is 6.07 Å². The van der Waals surface area contributed by atoms with Gasteiger partial charge in [-0.15, -0.1) is 0 Å². The summed E-state index contributed by atoms with van der Waals surface area (Å²) < 4.78 is 0. The second kappa shape index (κ2) is 5.14. The van der Waals surface area contributed by atoms with E-state index in [9.17, 15) is 0 Å². The number of anilines is 1. The molecular weight excluding hydrogens is 212 g/mol. The summed E-state index contributed by atoms with van der Waals surface area (Å²) in [4.78, 5) is 6.20. The van der Waals surface area contributed by atoms with Crippen molar-refractivity contribution in [2.75, 3.05) is 18.5 Å². The van der Waals surface area contributed by atoms with E-state index in [-0.39, 0.29) is 6.61 Å². The van der Waals surface area contributed by atoms with Crippen LogP contribution in [0.5, 0.6) is 0 Å². The Morgan fingerprint density at radius 1 is 1.60 bits per heavy atom. The number of rotatable bonds is 4. The van der Waals surface area contributed by atoms with Gasteiger partial charge in [0, 0.05) is 13.6 Å². The predicted molar refractivity (Wildman–Crippen MR) is 63.3 cm³/mol. The summed E-state index contributed by atoms with van der Waals surface area (Å²) in [5, 5.41) is 9.51. The van der Waals surface area contributed by atoms with Gasteiger partial charge in [0.2, 0.25) is 0 Å². The number of pyridine rings is 1. The van der Waals surface area contributed by atoms with E-state index in [1.807, 2.05) is 24.9 Å². The Kier molecular flexibility index (Phi) is 4.12. The van der Waals surface area contributed by atoms with Gasteiger partial charge in [-0.1, -0.05) is 23.8 Å². The van der Waals surface area contributed by atoms with Crippen molar-refractivity contribution in [3.8, 4) is 0 Å². The smallest absolute Gasteiger partial charge is 0.129 e. The Balaban J connectivity index is 2.90. The van der Waals surface area contributed by atoms with E-state index in [0.717, 1.165) is 17.9 Å². The van der Waals surface area contributed by atoms with Crippen LogP contribution in [0.15, 0.2) is 24.3 Å². The summed E-state index contributed by atoms with van der Waals surface area (Å²) >= 11 is 5.85. The molecule has 1 N–H and O–H groups in total. The SMILES string of the molecule is C=C(C)CN(C)c1ccc(Cl)c(CO)n1. The second-order valence-electron chi connectivity index (χ2n) is 3.57. The lowest BCUT2D eigenvalue weighted by Crippen LogP contribution is -2.20. The molecule has 0 saturated carbocycles. The minimum atomic E-state index is -0.145. The second-order valence-corrected chi connectivity index (χ2v) is 3.98. The summed E-state index contributed by atoms with van der Waals surface area (Å²) in [5.41, 5.74) is 1.56. The zero-order valence-electron chi connectivity index (χ0n) is 9.00. The molecule has 0 aliphatic heterocycles. The van der Waals surface area contributed by atoms with E-state index in [2.05, 4.69) is 11.6 Å². The molecule has 1 heterocycles. The molecular formula is C11H15ClN2O. The Morgan fingerprint density at radius 2 is 2.27 bits per heavy atom. The van der Waals surface area contributed by atoms with Crippen molar-refractivity contribution >= 4 is 17.4 Å². The molecule has 82 valence electrons. The van der Waals surface area contributed by atoms with Gasteiger partial charge in [0.1, 0.15) is 5.82 Å². The fourth-order valence-electron chi connectivity index (χ4n) is 1.28. The molecule has 0 radical (unpaired) electrons. The van der Waals surface area contributed by atoms with Gasteiger partial charge in [0.25, 0.3) is 0 Å². The normalized spacial score (nSPS) is 10.1. The predicted octanol–water partition coefficient (Wildman–Crippen LogP) is 2.24. The molecule has 0 unspecified atom stereocenters. The maximum Gasteiger partial charge on any atom is 0.129 e. The van der Waals surface area contributed by atoms with Gasteiger partial charge >= 0.3 is 0 Å². The molecule has 15 heavy (non-hydrogen) atoms. The van der Waals surface area contributed by atoms with Gasteiger partial charge in [-0.2, -0.15) is 0 Å². The lowest BCUT2D eigenvalue weighted by atomic mass is 10.3. The average Bonchev–Trinajstić information content (AvgIpc) is 2.17. The quantitative estimate of drug-likeness (QED) is 0.800. The third kappa shape index (κ3) is 3.22. The Labute approximate surface area is 95.0 Å². The number of likely N-dealkylation sites (N-methyl/N-ethyl adjacent to an activating group) is 1. The molecule has 3 nitrogen and oxygen atoms in total. The number of hydrogen-bond donors (Lipinski definition) is 1. The average molecular weight is 227 g/mol. The van der Waals surface area contributed by atoms with E-state index in [0.29, 0.717) is 10.7 Å². The van der Waals surface area contributed by atoms with Crippen LogP contribution in [-0.4, -0.2) is 23.7 Å². The fourth-order valence-corrected chi connectivity index (χ4v) is 1.45. The molecule has 0 saturated heterocycles. The minimum Gasteiger partial charge on any atom is -0.390 e. The standard InChI is InChI=1S/C11H15ClN2O/c1-8(2)6-14(3)11-5-4-9(12)10(7-15)13-11/h4-5,15H,1,6-7H2,2-3H3. The Morgan fingerprint density at radius 3 is 2.80 bits per heavy atom. The molecule has 0 aliphatic carbocycles. The number of nitrogens with zero attached hydrogens (tertiary/aromatic N) is 2. The summed E-state index contributed by atoms with van der Waals surface area (Å²) in [7, 11) is 1.92. The van der Waals surface area contributed by atoms with Gasteiger partial charge in [-0.25, -0.2) is 4.98 Å². The lowest BCUT2D eigenvalue weighted by Gasteiger charge is -2.18. The molecule has 1 aromatic heterocycles. The molecule has 0 aliphatic rings. The summed E-state index contributed by atoms with van der Waals surface area (Å²) in [6.45, 7) is 6.38. The maximum absolute atomic E-state index is 9.02. The van der Waals surface area contributed by atoms with Crippen molar-refractivity contribution in [1.82, 2.24) is 4.98 Å². The van der Waals surface area contributed by atoms with Crippen molar-refractivity contribution in [2.24, 2.45) is 0 Å². The van der Waals surface area contributed by atoms with Gasteiger partial charge < -0.3 is 10.0 Å². The van der Waals surface area contributed by atoms with Crippen LogP contribution in [0.1, 0.15) is 12.6 Å². The van der Waals surface area contributed by atoms with E-state index < -0.39 is 0 Å². The highest BCUT2D eigenvalue weighted by molar-refractivity contribution is 6.31. The molecule has 4 heteroatoms. The number of aliphatic hydroxyl groups excluding tert-OH is 1. The van der Waals surface area contributed by atoms with Gasteiger partial charge in [0.05, 0.1) is 17.3 Å². The molecule has 0 aromatic carbocycles. The topological polar surface area (TPSA) is 36.4 Å².